The van der Waals surface area contributed by atoms with Gasteiger partial charge in [0, 0.05) is 23.4 Å². The molecule has 1 heterocycles. The average Bonchev–Trinajstić information content (AvgIpc) is 2.98. The number of benzene rings is 1. The van der Waals surface area contributed by atoms with E-state index in [2.05, 4.69) is 16.8 Å². The van der Waals surface area contributed by atoms with Crippen LogP contribution in [0, 0.1) is 0 Å². The maximum absolute atomic E-state index is 12.0. The van der Waals surface area contributed by atoms with Gasteiger partial charge < -0.3 is 14.8 Å². The molecule has 0 bridgehead atoms. The van der Waals surface area contributed by atoms with Gasteiger partial charge in [-0.2, -0.15) is 0 Å². The standard InChI is InChI=1S/C18H23NO3S/c1-4-7-17(20)22-18-15(8-6-9-16(18)21-5-2)13-10-14(11-19-3)23-12-13/h6,8-10,12,19H,4-5,7,11H2,1-3H3. The van der Waals surface area contributed by atoms with Crippen molar-refractivity contribution in [1.82, 2.24) is 5.32 Å². The number of para-hydroxylation sites is 1. The maximum atomic E-state index is 12.0. The molecule has 1 aromatic heterocycles. The van der Waals surface area contributed by atoms with E-state index in [0.717, 1.165) is 24.1 Å². The number of carbonyl (C=O) groups excluding carboxylic acids is 1. The zero-order valence-electron chi connectivity index (χ0n) is 13.8. The SMILES string of the molecule is CCCC(=O)Oc1c(OCC)cccc1-c1csc(CNC)c1. The molecule has 0 atom stereocenters. The van der Waals surface area contributed by atoms with E-state index in [4.69, 9.17) is 9.47 Å². The molecule has 1 N–H and O–H groups in total. The molecular weight excluding hydrogens is 310 g/mol. The predicted molar refractivity (Wildman–Crippen MR) is 94.2 cm³/mol. The quantitative estimate of drug-likeness (QED) is 0.580. The maximum Gasteiger partial charge on any atom is 0.311 e. The Morgan fingerprint density at radius 2 is 2.13 bits per heavy atom. The highest BCUT2D eigenvalue weighted by Crippen LogP contribution is 2.40. The molecule has 0 aliphatic rings. The van der Waals surface area contributed by atoms with Crippen molar-refractivity contribution in [3.8, 4) is 22.6 Å². The highest BCUT2D eigenvalue weighted by molar-refractivity contribution is 7.10. The van der Waals surface area contributed by atoms with Crippen LogP contribution in [-0.2, 0) is 11.3 Å². The second-order valence-corrected chi connectivity index (χ2v) is 6.12. The van der Waals surface area contributed by atoms with Crippen molar-refractivity contribution in [2.24, 2.45) is 0 Å². The van der Waals surface area contributed by atoms with Crippen LogP contribution in [0.15, 0.2) is 29.6 Å². The molecule has 0 saturated carbocycles. The van der Waals surface area contributed by atoms with Crippen LogP contribution in [0.3, 0.4) is 0 Å². The first kappa shape index (κ1) is 17.5. The Bertz CT molecular complexity index is 651. The molecule has 2 aromatic rings. The lowest BCUT2D eigenvalue weighted by atomic mass is 10.1. The zero-order chi connectivity index (χ0) is 16.7. The van der Waals surface area contributed by atoms with Crippen molar-refractivity contribution >= 4 is 17.3 Å². The Kier molecular flexibility index (Phi) is 6.62. The van der Waals surface area contributed by atoms with Gasteiger partial charge in [-0.1, -0.05) is 19.1 Å². The van der Waals surface area contributed by atoms with Gasteiger partial charge in [-0.15, -0.1) is 11.3 Å². The fraction of sp³-hybridized carbons (Fsp3) is 0.389. The monoisotopic (exact) mass is 333 g/mol. The highest BCUT2D eigenvalue weighted by Gasteiger charge is 2.17. The fourth-order valence-electron chi connectivity index (χ4n) is 2.28. The molecule has 1 aromatic carbocycles. The van der Waals surface area contributed by atoms with Crippen LogP contribution >= 0.6 is 11.3 Å². The smallest absolute Gasteiger partial charge is 0.311 e. The van der Waals surface area contributed by atoms with Crippen LogP contribution in [-0.4, -0.2) is 19.6 Å². The molecule has 0 aliphatic heterocycles. The zero-order valence-corrected chi connectivity index (χ0v) is 14.7. The summed E-state index contributed by atoms with van der Waals surface area (Å²) in [5.74, 6) is 0.893. The van der Waals surface area contributed by atoms with Gasteiger partial charge in [-0.3, -0.25) is 4.79 Å². The van der Waals surface area contributed by atoms with Gasteiger partial charge in [0.2, 0.25) is 0 Å². The minimum atomic E-state index is -0.230. The van der Waals surface area contributed by atoms with Crippen molar-refractivity contribution in [3.05, 3.63) is 34.5 Å². The summed E-state index contributed by atoms with van der Waals surface area (Å²) in [5, 5.41) is 5.22. The molecule has 2 rings (SSSR count). The Balaban J connectivity index is 2.39. The van der Waals surface area contributed by atoms with Crippen molar-refractivity contribution in [1.29, 1.82) is 0 Å². The summed E-state index contributed by atoms with van der Waals surface area (Å²) in [7, 11) is 1.92. The van der Waals surface area contributed by atoms with Crippen LogP contribution in [0.1, 0.15) is 31.6 Å². The molecule has 124 valence electrons. The van der Waals surface area contributed by atoms with Gasteiger partial charge in [-0.05, 0) is 43.5 Å². The molecule has 23 heavy (non-hydrogen) atoms. The molecule has 0 amide bonds. The summed E-state index contributed by atoms with van der Waals surface area (Å²) >= 11 is 1.68. The topological polar surface area (TPSA) is 47.6 Å². The van der Waals surface area contributed by atoms with Crippen molar-refractivity contribution in [3.63, 3.8) is 0 Å². The van der Waals surface area contributed by atoms with Crippen molar-refractivity contribution < 1.29 is 14.3 Å². The van der Waals surface area contributed by atoms with E-state index < -0.39 is 0 Å². The van der Waals surface area contributed by atoms with Crippen molar-refractivity contribution in [2.45, 2.75) is 33.2 Å². The summed E-state index contributed by atoms with van der Waals surface area (Å²) < 4.78 is 11.3. The number of hydrogen-bond donors (Lipinski definition) is 1. The molecule has 0 saturated heterocycles. The summed E-state index contributed by atoms with van der Waals surface area (Å²) in [5.41, 5.74) is 1.93. The van der Waals surface area contributed by atoms with Crippen molar-refractivity contribution in [2.75, 3.05) is 13.7 Å². The second-order valence-electron chi connectivity index (χ2n) is 5.12. The number of rotatable bonds is 8. The third-order valence-electron chi connectivity index (χ3n) is 3.26. The van der Waals surface area contributed by atoms with E-state index in [-0.39, 0.29) is 5.97 Å². The largest absolute Gasteiger partial charge is 0.490 e. The summed E-state index contributed by atoms with van der Waals surface area (Å²) in [4.78, 5) is 13.2. The van der Waals surface area contributed by atoms with Crippen LogP contribution < -0.4 is 14.8 Å². The number of nitrogens with one attached hydrogen (secondary N) is 1. The molecule has 0 aliphatic carbocycles. The van der Waals surface area contributed by atoms with Crippen LogP contribution in [0.2, 0.25) is 0 Å². The van der Waals surface area contributed by atoms with Gasteiger partial charge in [0.25, 0.3) is 0 Å². The summed E-state index contributed by atoms with van der Waals surface area (Å²) in [6.45, 7) is 5.22. The summed E-state index contributed by atoms with van der Waals surface area (Å²) in [6.07, 6.45) is 1.16. The number of ether oxygens (including phenoxy) is 2. The average molecular weight is 333 g/mol. The van der Waals surface area contributed by atoms with E-state index in [1.165, 1.54) is 4.88 Å². The van der Waals surface area contributed by atoms with E-state index in [1.807, 2.05) is 39.1 Å². The first-order chi connectivity index (χ1) is 11.2. The fourth-order valence-corrected chi connectivity index (χ4v) is 3.17. The van der Waals surface area contributed by atoms with E-state index in [0.29, 0.717) is 24.5 Å². The molecule has 4 nitrogen and oxygen atoms in total. The minimum Gasteiger partial charge on any atom is -0.490 e. The Hall–Kier alpha value is -1.85. The normalized spacial score (nSPS) is 10.6. The Labute approximate surface area is 141 Å². The van der Waals surface area contributed by atoms with E-state index in [1.54, 1.807) is 11.3 Å². The van der Waals surface area contributed by atoms with Crippen LogP contribution in [0.5, 0.6) is 11.5 Å². The lowest BCUT2D eigenvalue weighted by Gasteiger charge is -2.14. The Morgan fingerprint density at radius 1 is 1.30 bits per heavy atom. The van der Waals surface area contributed by atoms with Gasteiger partial charge >= 0.3 is 5.97 Å². The highest BCUT2D eigenvalue weighted by atomic mass is 32.1. The van der Waals surface area contributed by atoms with E-state index in [9.17, 15) is 4.79 Å². The molecule has 0 spiro atoms. The van der Waals surface area contributed by atoms with Crippen LogP contribution in [0.4, 0.5) is 0 Å². The number of thiophene rings is 1. The third kappa shape index (κ3) is 4.56. The third-order valence-corrected chi connectivity index (χ3v) is 4.20. The predicted octanol–water partition coefficient (Wildman–Crippen LogP) is 4.24. The van der Waals surface area contributed by atoms with Gasteiger partial charge in [0.1, 0.15) is 0 Å². The lowest BCUT2D eigenvalue weighted by molar-refractivity contribution is -0.134. The first-order valence-corrected chi connectivity index (χ1v) is 8.76. The van der Waals surface area contributed by atoms with Gasteiger partial charge in [0.15, 0.2) is 11.5 Å². The first-order valence-electron chi connectivity index (χ1n) is 7.88. The molecule has 0 unspecified atom stereocenters. The minimum absolute atomic E-state index is 0.230. The lowest BCUT2D eigenvalue weighted by Crippen LogP contribution is -2.09. The van der Waals surface area contributed by atoms with Gasteiger partial charge in [-0.25, -0.2) is 0 Å². The Morgan fingerprint density at radius 3 is 2.83 bits per heavy atom. The molecular formula is C18H23NO3S. The van der Waals surface area contributed by atoms with E-state index >= 15 is 0 Å². The summed E-state index contributed by atoms with van der Waals surface area (Å²) in [6, 6.07) is 7.83. The second kappa shape index (κ2) is 8.70. The molecule has 5 heteroatoms. The van der Waals surface area contributed by atoms with Gasteiger partial charge in [0.05, 0.1) is 6.61 Å². The number of esters is 1. The molecule has 0 radical (unpaired) electrons. The molecule has 0 fully saturated rings. The number of carbonyl (C=O) groups is 1. The number of hydrogen-bond acceptors (Lipinski definition) is 5. The van der Waals surface area contributed by atoms with Crippen LogP contribution in [0.25, 0.3) is 11.1 Å².